The zero-order valence-corrected chi connectivity index (χ0v) is 35.9. The second-order valence-corrected chi connectivity index (χ2v) is 13.4. The zero-order valence-electron chi connectivity index (χ0n) is 35.9. The molecule has 0 fully saturated rings. The van der Waals surface area contributed by atoms with Gasteiger partial charge in [-0.15, -0.1) is 0 Å². The number of unbranched alkanes of at least 4 members (excludes halogenated alkanes) is 2. The summed E-state index contributed by atoms with van der Waals surface area (Å²) in [5.41, 5.74) is 2.44. The van der Waals surface area contributed by atoms with Crippen LogP contribution in [0, 0.1) is 0 Å². The summed E-state index contributed by atoms with van der Waals surface area (Å²) in [6, 6.07) is 31.0. The number of rotatable bonds is 41. The standard InChI is InChI=1S/C47H70O13/c1-2-3-7-20-46(48)59-41-39-57-37-35-55-33-31-53-29-27-51-25-23-49-21-22-50-24-26-52-28-30-54-32-34-56-36-38-58-40-42-60-47(43-14-8-4-9-15-43,44-16-10-5-11-17-44)45-18-12-6-13-19-45/h4-6,8-19H,2-3,7,20-42H2,1H3. The lowest BCUT2D eigenvalue weighted by atomic mass is 9.80. The Morgan fingerprint density at radius 1 is 0.367 bits per heavy atom. The van der Waals surface area contributed by atoms with Crippen molar-refractivity contribution in [2.45, 2.75) is 38.2 Å². The van der Waals surface area contributed by atoms with Gasteiger partial charge in [-0.05, 0) is 23.1 Å². The number of hydrogen-bond acceptors (Lipinski definition) is 13. The van der Waals surface area contributed by atoms with E-state index in [4.69, 9.17) is 56.8 Å². The summed E-state index contributed by atoms with van der Waals surface area (Å²) in [6.07, 6.45) is 3.48. The smallest absolute Gasteiger partial charge is 0.305 e. The molecule has 13 heteroatoms. The monoisotopic (exact) mass is 842 g/mol. The van der Waals surface area contributed by atoms with E-state index in [9.17, 15) is 4.79 Å². The molecule has 3 rings (SSSR count). The molecule has 0 aliphatic rings. The molecule has 0 N–H and O–H groups in total. The summed E-state index contributed by atoms with van der Waals surface area (Å²) >= 11 is 0. The SMILES string of the molecule is CCCCCC(=O)OCCOCCOCCOCCOCCOCCOCCOCCOCCOCCOCCOC(c1ccccc1)(c1ccccc1)c1ccccc1. The molecule has 0 atom stereocenters. The number of esters is 1. The fourth-order valence-corrected chi connectivity index (χ4v) is 5.91. The van der Waals surface area contributed by atoms with Gasteiger partial charge in [0, 0.05) is 6.42 Å². The van der Waals surface area contributed by atoms with Crippen LogP contribution in [0.15, 0.2) is 91.0 Å². The van der Waals surface area contributed by atoms with Gasteiger partial charge in [-0.25, -0.2) is 0 Å². The second kappa shape index (κ2) is 36.4. The maximum Gasteiger partial charge on any atom is 0.305 e. The van der Waals surface area contributed by atoms with Gasteiger partial charge in [-0.3, -0.25) is 4.79 Å². The molecule has 0 unspecified atom stereocenters. The number of ether oxygens (including phenoxy) is 12. The Hall–Kier alpha value is -3.31. The van der Waals surface area contributed by atoms with Crippen molar-refractivity contribution in [3.63, 3.8) is 0 Å². The molecule has 0 aliphatic heterocycles. The van der Waals surface area contributed by atoms with Crippen LogP contribution in [0.5, 0.6) is 0 Å². The molecule has 0 amide bonds. The van der Waals surface area contributed by atoms with Crippen LogP contribution < -0.4 is 0 Å². The van der Waals surface area contributed by atoms with Crippen LogP contribution in [0.25, 0.3) is 0 Å². The first-order valence-electron chi connectivity index (χ1n) is 21.5. The summed E-state index contributed by atoms with van der Waals surface area (Å²) in [4.78, 5) is 11.5. The van der Waals surface area contributed by atoms with Gasteiger partial charge >= 0.3 is 5.97 Å². The molecule has 0 spiro atoms. The quantitative estimate of drug-likeness (QED) is 0.0362. The molecule has 336 valence electrons. The second-order valence-electron chi connectivity index (χ2n) is 13.4. The van der Waals surface area contributed by atoms with Crippen molar-refractivity contribution < 1.29 is 61.6 Å². The van der Waals surface area contributed by atoms with E-state index in [1.54, 1.807) is 0 Å². The van der Waals surface area contributed by atoms with Gasteiger partial charge in [0.1, 0.15) is 12.2 Å². The van der Waals surface area contributed by atoms with Crippen molar-refractivity contribution in [3.8, 4) is 0 Å². The Bertz CT molecular complexity index is 1290. The first-order chi connectivity index (χ1) is 29.8. The summed E-state index contributed by atoms with van der Waals surface area (Å²) in [6.45, 7) is 12.3. The largest absolute Gasteiger partial charge is 0.463 e. The van der Waals surface area contributed by atoms with Crippen LogP contribution in [0.2, 0.25) is 0 Å². The van der Waals surface area contributed by atoms with Gasteiger partial charge in [-0.2, -0.15) is 0 Å². The first-order valence-corrected chi connectivity index (χ1v) is 21.5. The highest BCUT2D eigenvalue weighted by Gasteiger charge is 2.37. The lowest BCUT2D eigenvalue weighted by molar-refractivity contribution is -0.145. The fourth-order valence-electron chi connectivity index (χ4n) is 5.91. The van der Waals surface area contributed by atoms with Crippen molar-refractivity contribution in [2.24, 2.45) is 0 Å². The molecule has 0 saturated carbocycles. The first kappa shape index (κ1) is 51.0. The molecule has 0 radical (unpaired) electrons. The molecule has 0 aromatic heterocycles. The number of carbonyl (C=O) groups excluding carboxylic acids is 1. The molecule has 13 nitrogen and oxygen atoms in total. The normalized spacial score (nSPS) is 11.6. The average Bonchev–Trinajstić information content (AvgIpc) is 3.29. The van der Waals surface area contributed by atoms with E-state index in [-0.39, 0.29) is 12.6 Å². The van der Waals surface area contributed by atoms with Crippen LogP contribution >= 0.6 is 0 Å². The van der Waals surface area contributed by atoms with E-state index < -0.39 is 5.60 Å². The van der Waals surface area contributed by atoms with E-state index >= 15 is 0 Å². The van der Waals surface area contributed by atoms with Crippen molar-refractivity contribution in [1.82, 2.24) is 0 Å². The predicted molar refractivity (Wildman–Crippen MR) is 228 cm³/mol. The molecular formula is C47H70O13. The molecular weight excluding hydrogens is 773 g/mol. The van der Waals surface area contributed by atoms with Crippen molar-refractivity contribution >= 4 is 5.97 Å². The van der Waals surface area contributed by atoms with Gasteiger partial charge in [0.15, 0.2) is 0 Å². The molecule has 0 bridgehead atoms. The molecule has 3 aromatic carbocycles. The number of carbonyl (C=O) groups is 1. The van der Waals surface area contributed by atoms with E-state index in [0.717, 1.165) is 36.0 Å². The van der Waals surface area contributed by atoms with Gasteiger partial charge in [0.05, 0.1) is 139 Å². The fraction of sp³-hybridized carbons (Fsp3) is 0.596. The van der Waals surface area contributed by atoms with Crippen LogP contribution in [0.4, 0.5) is 0 Å². The van der Waals surface area contributed by atoms with Crippen molar-refractivity contribution in [2.75, 3.05) is 145 Å². The van der Waals surface area contributed by atoms with Gasteiger partial charge in [-0.1, -0.05) is 111 Å². The summed E-state index contributed by atoms with van der Waals surface area (Å²) in [5, 5.41) is 0. The Morgan fingerprint density at radius 2 is 0.633 bits per heavy atom. The van der Waals surface area contributed by atoms with Crippen LogP contribution in [-0.2, 0) is 67.2 Å². The number of hydrogen-bond donors (Lipinski definition) is 0. The predicted octanol–water partition coefficient (Wildman–Crippen LogP) is 6.28. The highest BCUT2D eigenvalue weighted by molar-refractivity contribution is 5.69. The van der Waals surface area contributed by atoms with Crippen LogP contribution in [0.3, 0.4) is 0 Å². The molecule has 0 saturated heterocycles. The van der Waals surface area contributed by atoms with Gasteiger partial charge in [0.25, 0.3) is 0 Å². The lowest BCUT2D eigenvalue weighted by Gasteiger charge is -2.36. The number of benzene rings is 3. The highest BCUT2D eigenvalue weighted by atomic mass is 16.6. The maximum atomic E-state index is 11.5. The molecule has 3 aromatic rings. The minimum atomic E-state index is -0.756. The van der Waals surface area contributed by atoms with Crippen LogP contribution in [-0.4, -0.2) is 151 Å². The maximum absolute atomic E-state index is 11.5. The third-order valence-corrected chi connectivity index (χ3v) is 8.91. The Balaban J connectivity index is 1.02. The molecule has 0 aliphatic carbocycles. The Morgan fingerprint density at radius 3 is 0.917 bits per heavy atom. The van der Waals surface area contributed by atoms with E-state index in [1.165, 1.54) is 0 Å². The summed E-state index contributed by atoms with van der Waals surface area (Å²) in [7, 11) is 0. The van der Waals surface area contributed by atoms with Crippen molar-refractivity contribution in [3.05, 3.63) is 108 Å². The van der Waals surface area contributed by atoms with Crippen LogP contribution in [0.1, 0.15) is 49.3 Å². The highest BCUT2D eigenvalue weighted by Crippen LogP contribution is 2.40. The third-order valence-electron chi connectivity index (χ3n) is 8.91. The Labute approximate surface area is 358 Å². The third kappa shape index (κ3) is 23.6. The summed E-state index contributed by atoms with van der Waals surface area (Å²) < 4.78 is 67.4. The topological polar surface area (TPSA) is 128 Å². The van der Waals surface area contributed by atoms with E-state index in [2.05, 4.69) is 43.3 Å². The van der Waals surface area contributed by atoms with Crippen molar-refractivity contribution in [1.29, 1.82) is 0 Å². The lowest BCUT2D eigenvalue weighted by Crippen LogP contribution is -2.34. The van der Waals surface area contributed by atoms with E-state index in [1.807, 2.05) is 54.6 Å². The minimum absolute atomic E-state index is 0.161. The van der Waals surface area contributed by atoms with E-state index in [0.29, 0.717) is 145 Å². The average molecular weight is 843 g/mol. The Kier molecular flexibility index (Phi) is 30.9. The zero-order chi connectivity index (χ0) is 42.3. The molecule has 0 heterocycles. The van der Waals surface area contributed by atoms with Gasteiger partial charge in [0.2, 0.25) is 0 Å². The minimum Gasteiger partial charge on any atom is -0.463 e. The summed E-state index contributed by atoms with van der Waals surface area (Å²) in [5.74, 6) is -0.161. The van der Waals surface area contributed by atoms with Gasteiger partial charge < -0.3 is 56.8 Å². The molecule has 60 heavy (non-hydrogen) atoms.